The number of thiophene rings is 1. The third-order valence-corrected chi connectivity index (χ3v) is 7.01. The van der Waals surface area contributed by atoms with E-state index in [0.717, 1.165) is 10.4 Å². The molecule has 0 spiro atoms. The molecule has 3 amide bonds. The predicted octanol–water partition coefficient (Wildman–Crippen LogP) is 3.40. The Morgan fingerprint density at radius 1 is 1.16 bits per heavy atom. The van der Waals surface area contributed by atoms with Gasteiger partial charge in [-0.3, -0.25) is 9.59 Å². The van der Waals surface area contributed by atoms with Crippen LogP contribution in [0.1, 0.15) is 52.5 Å². The summed E-state index contributed by atoms with van der Waals surface area (Å²) in [4.78, 5) is 42.8. The normalized spacial score (nSPS) is 21.5. The minimum Gasteiger partial charge on any atom is -0.450 e. The van der Waals surface area contributed by atoms with Gasteiger partial charge in [-0.05, 0) is 42.8 Å². The van der Waals surface area contributed by atoms with Crippen LogP contribution in [-0.2, 0) is 9.53 Å². The first kappa shape index (κ1) is 21.4. The van der Waals surface area contributed by atoms with Crippen LogP contribution in [0.3, 0.4) is 0 Å². The third kappa shape index (κ3) is 4.17. The molecule has 4 rings (SSSR count). The van der Waals surface area contributed by atoms with Gasteiger partial charge in [0.2, 0.25) is 5.91 Å². The van der Waals surface area contributed by atoms with E-state index in [4.69, 9.17) is 4.74 Å². The van der Waals surface area contributed by atoms with Crippen molar-refractivity contribution in [3.8, 4) is 0 Å². The molecule has 0 saturated carbocycles. The van der Waals surface area contributed by atoms with E-state index >= 15 is 0 Å². The second-order valence-corrected chi connectivity index (χ2v) is 8.89. The van der Waals surface area contributed by atoms with Gasteiger partial charge in [0.25, 0.3) is 5.91 Å². The van der Waals surface area contributed by atoms with Gasteiger partial charge < -0.3 is 19.9 Å². The standard InChI is InChI=1S/C23H27N3O4S/c1-3-30-23(29)26-12-10-15(11-13-26)24-21(27)19-16-7-4-5-8-17(16)22(28)25(2)20(19)18-9-6-14-31-18/h4-9,14-15,19-20H,3,10-13H2,1-2H3,(H,24,27)/t19-,20+/m0/s1. The number of nitrogens with zero attached hydrogens (tertiary/aromatic N) is 2. The molecule has 7 nitrogen and oxygen atoms in total. The third-order valence-electron chi connectivity index (χ3n) is 6.06. The average molecular weight is 442 g/mol. The zero-order valence-corrected chi connectivity index (χ0v) is 18.6. The molecule has 2 atom stereocenters. The number of amides is 3. The zero-order chi connectivity index (χ0) is 22.0. The molecule has 31 heavy (non-hydrogen) atoms. The first-order valence-electron chi connectivity index (χ1n) is 10.6. The minimum absolute atomic E-state index is 0.0164. The van der Waals surface area contributed by atoms with Gasteiger partial charge in [-0.1, -0.05) is 24.3 Å². The number of nitrogens with one attached hydrogen (secondary N) is 1. The number of rotatable bonds is 4. The molecule has 0 aliphatic carbocycles. The summed E-state index contributed by atoms with van der Waals surface area (Å²) in [5.41, 5.74) is 1.35. The van der Waals surface area contributed by atoms with Crippen molar-refractivity contribution in [3.05, 3.63) is 57.8 Å². The molecule has 1 fully saturated rings. The van der Waals surface area contributed by atoms with Crippen LogP contribution in [0, 0.1) is 0 Å². The quantitative estimate of drug-likeness (QED) is 0.789. The summed E-state index contributed by atoms with van der Waals surface area (Å²) in [6, 6.07) is 10.9. The highest BCUT2D eigenvalue weighted by atomic mass is 32.1. The van der Waals surface area contributed by atoms with Gasteiger partial charge in [0.1, 0.15) is 0 Å². The number of hydrogen-bond acceptors (Lipinski definition) is 5. The molecule has 2 aliphatic heterocycles. The molecule has 0 unspecified atom stereocenters. The fraction of sp³-hybridized carbons (Fsp3) is 0.435. The molecule has 1 saturated heterocycles. The molecular formula is C23H27N3O4S. The Labute approximate surface area is 186 Å². The van der Waals surface area contributed by atoms with Crippen LogP contribution < -0.4 is 5.32 Å². The maximum atomic E-state index is 13.6. The van der Waals surface area contributed by atoms with Crippen molar-refractivity contribution in [1.29, 1.82) is 0 Å². The van der Waals surface area contributed by atoms with Crippen LogP contribution in [0.2, 0.25) is 0 Å². The minimum atomic E-state index is -0.486. The second-order valence-electron chi connectivity index (χ2n) is 7.91. The van der Waals surface area contributed by atoms with Gasteiger partial charge in [-0.2, -0.15) is 0 Å². The summed E-state index contributed by atoms with van der Waals surface area (Å²) < 4.78 is 5.07. The summed E-state index contributed by atoms with van der Waals surface area (Å²) >= 11 is 1.55. The van der Waals surface area contributed by atoms with E-state index in [1.54, 1.807) is 41.2 Å². The smallest absolute Gasteiger partial charge is 0.409 e. The lowest BCUT2D eigenvalue weighted by molar-refractivity contribution is -0.125. The number of likely N-dealkylation sites (tertiary alicyclic amines) is 1. The maximum absolute atomic E-state index is 13.6. The van der Waals surface area contributed by atoms with E-state index in [-0.39, 0.29) is 30.0 Å². The zero-order valence-electron chi connectivity index (χ0n) is 17.7. The number of carbonyl (C=O) groups is 3. The van der Waals surface area contributed by atoms with E-state index in [9.17, 15) is 14.4 Å². The largest absolute Gasteiger partial charge is 0.450 e. The van der Waals surface area contributed by atoms with Crippen molar-refractivity contribution in [2.45, 2.75) is 37.8 Å². The number of carbonyl (C=O) groups excluding carboxylic acids is 3. The van der Waals surface area contributed by atoms with Crippen LogP contribution in [-0.4, -0.2) is 60.5 Å². The molecule has 1 N–H and O–H groups in total. The Kier molecular flexibility index (Phi) is 6.27. The maximum Gasteiger partial charge on any atom is 0.409 e. The molecule has 164 valence electrons. The number of piperidine rings is 1. The van der Waals surface area contributed by atoms with Crippen molar-refractivity contribution in [3.63, 3.8) is 0 Å². The Morgan fingerprint density at radius 2 is 1.90 bits per heavy atom. The fourth-order valence-corrected chi connectivity index (χ4v) is 5.39. The molecule has 0 radical (unpaired) electrons. The molecule has 1 aromatic heterocycles. The van der Waals surface area contributed by atoms with Crippen LogP contribution in [0.25, 0.3) is 0 Å². The van der Waals surface area contributed by atoms with Crippen molar-refractivity contribution in [2.75, 3.05) is 26.7 Å². The highest BCUT2D eigenvalue weighted by molar-refractivity contribution is 7.10. The van der Waals surface area contributed by atoms with Crippen LogP contribution in [0.5, 0.6) is 0 Å². The Hall–Kier alpha value is -2.87. The molecule has 2 aliphatic rings. The number of fused-ring (bicyclic) bond motifs is 1. The van der Waals surface area contributed by atoms with E-state index < -0.39 is 5.92 Å². The van der Waals surface area contributed by atoms with Gasteiger partial charge in [-0.25, -0.2) is 4.79 Å². The monoisotopic (exact) mass is 441 g/mol. The number of likely N-dealkylation sites (N-methyl/N-ethyl adjacent to an activating group) is 1. The SMILES string of the molecule is CCOC(=O)N1CCC(NC(=O)[C@H]2c3ccccc3C(=O)N(C)[C@@H]2c2cccs2)CC1. The second kappa shape index (κ2) is 9.09. The van der Waals surface area contributed by atoms with Crippen LogP contribution in [0.15, 0.2) is 41.8 Å². The van der Waals surface area contributed by atoms with Crippen LogP contribution >= 0.6 is 11.3 Å². The van der Waals surface area contributed by atoms with Gasteiger partial charge in [0, 0.05) is 36.6 Å². The Bertz CT molecular complexity index is 953. The molecule has 0 bridgehead atoms. The van der Waals surface area contributed by atoms with Crippen molar-refractivity contribution in [1.82, 2.24) is 15.1 Å². The van der Waals surface area contributed by atoms with Crippen molar-refractivity contribution < 1.29 is 19.1 Å². The van der Waals surface area contributed by atoms with Gasteiger partial charge in [0.05, 0.1) is 18.6 Å². The lowest BCUT2D eigenvalue weighted by Crippen LogP contribution is -2.50. The first-order valence-corrected chi connectivity index (χ1v) is 11.5. The molecule has 8 heteroatoms. The van der Waals surface area contributed by atoms with E-state index in [1.807, 2.05) is 35.7 Å². The Morgan fingerprint density at radius 3 is 2.58 bits per heavy atom. The highest BCUT2D eigenvalue weighted by Crippen LogP contribution is 2.43. The van der Waals surface area contributed by atoms with Gasteiger partial charge in [-0.15, -0.1) is 11.3 Å². The van der Waals surface area contributed by atoms with Crippen molar-refractivity contribution >= 4 is 29.2 Å². The van der Waals surface area contributed by atoms with Gasteiger partial charge >= 0.3 is 6.09 Å². The summed E-state index contributed by atoms with van der Waals surface area (Å²) in [6.07, 6.45) is 1.06. The Balaban J connectivity index is 1.55. The lowest BCUT2D eigenvalue weighted by atomic mass is 9.81. The van der Waals surface area contributed by atoms with Crippen LogP contribution in [0.4, 0.5) is 4.79 Å². The highest BCUT2D eigenvalue weighted by Gasteiger charge is 2.43. The summed E-state index contributed by atoms with van der Waals surface area (Å²) in [6.45, 7) is 3.25. The molecule has 3 heterocycles. The average Bonchev–Trinajstić information content (AvgIpc) is 3.31. The topological polar surface area (TPSA) is 79.0 Å². The summed E-state index contributed by atoms with van der Waals surface area (Å²) in [5.74, 6) is -0.638. The van der Waals surface area contributed by atoms with E-state index in [1.165, 1.54) is 0 Å². The van der Waals surface area contributed by atoms with Gasteiger partial charge in [0.15, 0.2) is 0 Å². The van der Waals surface area contributed by atoms with Crippen molar-refractivity contribution in [2.24, 2.45) is 0 Å². The summed E-state index contributed by atoms with van der Waals surface area (Å²) in [5, 5.41) is 5.16. The number of hydrogen-bond donors (Lipinski definition) is 1. The fourth-order valence-electron chi connectivity index (χ4n) is 4.48. The predicted molar refractivity (Wildman–Crippen MR) is 118 cm³/mol. The molecular weight excluding hydrogens is 414 g/mol. The summed E-state index contributed by atoms with van der Waals surface area (Å²) in [7, 11) is 1.76. The number of benzene rings is 1. The molecule has 1 aromatic carbocycles. The lowest BCUT2D eigenvalue weighted by Gasteiger charge is -2.40. The van der Waals surface area contributed by atoms with E-state index in [0.29, 0.717) is 38.1 Å². The first-order chi connectivity index (χ1) is 15.0. The van der Waals surface area contributed by atoms with E-state index in [2.05, 4.69) is 5.32 Å². The number of ether oxygens (including phenoxy) is 1. The molecule has 2 aromatic rings.